The topological polar surface area (TPSA) is 15.3 Å². The van der Waals surface area contributed by atoms with Gasteiger partial charge in [-0.1, -0.05) is 6.92 Å². The van der Waals surface area contributed by atoms with E-state index in [2.05, 4.69) is 42.5 Å². The first kappa shape index (κ1) is 8.34. The SMILES string of the molecule is CCC1=CC(NC)N(C)C=C1. The van der Waals surface area contributed by atoms with Crippen molar-refractivity contribution in [2.75, 3.05) is 14.1 Å². The molecule has 0 saturated heterocycles. The maximum atomic E-state index is 3.22. The molecule has 1 aliphatic rings. The number of hydrogen-bond donors (Lipinski definition) is 1. The number of likely N-dealkylation sites (N-methyl/N-ethyl adjacent to an activating group) is 2. The van der Waals surface area contributed by atoms with E-state index in [1.807, 2.05) is 7.05 Å². The number of hydrogen-bond acceptors (Lipinski definition) is 2. The summed E-state index contributed by atoms with van der Waals surface area (Å²) in [5.74, 6) is 0. The summed E-state index contributed by atoms with van der Waals surface area (Å²) in [6, 6.07) is 0. The van der Waals surface area contributed by atoms with Crippen LogP contribution in [-0.2, 0) is 0 Å². The molecule has 0 fully saturated rings. The van der Waals surface area contributed by atoms with Crippen LogP contribution in [0.4, 0.5) is 0 Å². The highest BCUT2D eigenvalue weighted by Gasteiger charge is 2.09. The van der Waals surface area contributed by atoms with Gasteiger partial charge in [0.2, 0.25) is 0 Å². The zero-order valence-electron chi connectivity index (χ0n) is 7.46. The Bertz CT molecular complexity index is 182. The molecule has 1 atom stereocenters. The number of allylic oxidation sites excluding steroid dienone is 2. The Morgan fingerprint density at radius 2 is 2.36 bits per heavy atom. The summed E-state index contributed by atoms with van der Waals surface area (Å²) in [7, 11) is 4.05. The summed E-state index contributed by atoms with van der Waals surface area (Å²) in [6.45, 7) is 2.17. The minimum absolute atomic E-state index is 0.370. The average Bonchev–Trinajstić information content (AvgIpc) is 2.05. The van der Waals surface area contributed by atoms with Crippen molar-refractivity contribution in [2.45, 2.75) is 19.5 Å². The number of nitrogens with zero attached hydrogens (tertiary/aromatic N) is 1. The summed E-state index contributed by atoms with van der Waals surface area (Å²) in [5.41, 5.74) is 1.41. The van der Waals surface area contributed by atoms with Gasteiger partial charge in [-0.3, -0.25) is 5.32 Å². The molecule has 0 amide bonds. The predicted molar refractivity (Wildman–Crippen MR) is 48.1 cm³/mol. The number of rotatable bonds is 2. The monoisotopic (exact) mass is 152 g/mol. The molecular formula is C9H16N2. The van der Waals surface area contributed by atoms with E-state index < -0.39 is 0 Å². The van der Waals surface area contributed by atoms with Gasteiger partial charge < -0.3 is 4.90 Å². The summed E-state index contributed by atoms with van der Waals surface area (Å²) in [4.78, 5) is 2.15. The van der Waals surface area contributed by atoms with E-state index in [9.17, 15) is 0 Å². The molecule has 62 valence electrons. The number of nitrogens with one attached hydrogen (secondary N) is 1. The van der Waals surface area contributed by atoms with Crippen molar-refractivity contribution < 1.29 is 0 Å². The molecule has 1 aliphatic heterocycles. The van der Waals surface area contributed by atoms with Crippen molar-refractivity contribution in [3.05, 3.63) is 23.9 Å². The van der Waals surface area contributed by atoms with E-state index in [0.717, 1.165) is 6.42 Å². The fourth-order valence-electron chi connectivity index (χ4n) is 1.20. The van der Waals surface area contributed by atoms with E-state index in [0.29, 0.717) is 6.17 Å². The molecule has 2 nitrogen and oxygen atoms in total. The van der Waals surface area contributed by atoms with Gasteiger partial charge in [0.15, 0.2) is 0 Å². The third-order valence-corrected chi connectivity index (χ3v) is 2.04. The molecule has 0 aromatic rings. The fourth-order valence-corrected chi connectivity index (χ4v) is 1.20. The van der Waals surface area contributed by atoms with Gasteiger partial charge in [-0.05, 0) is 31.2 Å². The van der Waals surface area contributed by atoms with E-state index in [1.165, 1.54) is 5.57 Å². The Kier molecular flexibility index (Phi) is 2.71. The largest absolute Gasteiger partial charge is 0.362 e. The van der Waals surface area contributed by atoms with Crippen molar-refractivity contribution in [1.82, 2.24) is 10.2 Å². The fraction of sp³-hybridized carbons (Fsp3) is 0.556. The molecule has 1 N–H and O–H groups in total. The van der Waals surface area contributed by atoms with Crippen molar-refractivity contribution >= 4 is 0 Å². The predicted octanol–water partition coefficient (Wildman–Crippen LogP) is 1.33. The maximum Gasteiger partial charge on any atom is 0.0982 e. The van der Waals surface area contributed by atoms with Crippen molar-refractivity contribution in [2.24, 2.45) is 0 Å². The Hall–Kier alpha value is -0.760. The van der Waals surface area contributed by atoms with Gasteiger partial charge in [0.25, 0.3) is 0 Å². The highest BCUT2D eigenvalue weighted by molar-refractivity contribution is 5.23. The van der Waals surface area contributed by atoms with Crippen molar-refractivity contribution in [3.8, 4) is 0 Å². The Morgan fingerprint density at radius 1 is 1.64 bits per heavy atom. The van der Waals surface area contributed by atoms with Gasteiger partial charge in [0.1, 0.15) is 0 Å². The molecule has 1 rings (SSSR count). The highest BCUT2D eigenvalue weighted by Crippen LogP contribution is 2.12. The lowest BCUT2D eigenvalue weighted by atomic mass is 10.1. The second-order valence-electron chi connectivity index (χ2n) is 2.81. The molecule has 1 heterocycles. The quantitative estimate of drug-likeness (QED) is 0.642. The smallest absolute Gasteiger partial charge is 0.0982 e. The van der Waals surface area contributed by atoms with E-state index in [1.54, 1.807) is 0 Å². The van der Waals surface area contributed by atoms with Crippen LogP contribution in [0.15, 0.2) is 23.9 Å². The molecule has 0 bridgehead atoms. The molecule has 0 spiro atoms. The zero-order chi connectivity index (χ0) is 8.27. The van der Waals surface area contributed by atoms with Gasteiger partial charge in [-0.25, -0.2) is 0 Å². The highest BCUT2D eigenvalue weighted by atomic mass is 15.2. The Labute approximate surface area is 68.6 Å². The first-order valence-electron chi connectivity index (χ1n) is 4.06. The van der Waals surface area contributed by atoms with Crippen LogP contribution in [0.1, 0.15) is 13.3 Å². The molecule has 11 heavy (non-hydrogen) atoms. The van der Waals surface area contributed by atoms with Gasteiger partial charge in [0.05, 0.1) is 6.17 Å². The molecule has 2 heteroatoms. The summed E-state index contributed by atoms with van der Waals surface area (Å²) in [6.07, 6.45) is 8.01. The van der Waals surface area contributed by atoms with Crippen LogP contribution in [0.5, 0.6) is 0 Å². The van der Waals surface area contributed by atoms with Crippen molar-refractivity contribution in [1.29, 1.82) is 0 Å². The van der Waals surface area contributed by atoms with Crippen LogP contribution in [0.2, 0.25) is 0 Å². The van der Waals surface area contributed by atoms with Crippen LogP contribution < -0.4 is 5.32 Å². The lowest BCUT2D eigenvalue weighted by molar-refractivity contribution is 0.339. The van der Waals surface area contributed by atoms with Gasteiger partial charge >= 0.3 is 0 Å². The molecule has 0 saturated carbocycles. The molecule has 0 radical (unpaired) electrons. The minimum Gasteiger partial charge on any atom is -0.362 e. The lowest BCUT2D eigenvalue weighted by Crippen LogP contribution is -2.38. The van der Waals surface area contributed by atoms with Crippen LogP contribution in [0, 0.1) is 0 Å². The third-order valence-electron chi connectivity index (χ3n) is 2.04. The minimum atomic E-state index is 0.370. The van der Waals surface area contributed by atoms with Crippen LogP contribution in [0.25, 0.3) is 0 Å². The Balaban J connectivity index is 2.67. The van der Waals surface area contributed by atoms with E-state index >= 15 is 0 Å². The van der Waals surface area contributed by atoms with Crippen LogP contribution in [0.3, 0.4) is 0 Å². The lowest BCUT2D eigenvalue weighted by Gasteiger charge is -2.27. The summed E-state index contributed by atoms with van der Waals surface area (Å²) >= 11 is 0. The van der Waals surface area contributed by atoms with Crippen LogP contribution >= 0.6 is 0 Å². The van der Waals surface area contributed by atoms with E-state index in [4.69, 9.17) is 0 Å². The van der Waals surface area contributed by atoms with Gasteiger partial charge in [-0.2, -0.15) is 0 Å². The standard InChI is InChI=1S/C9H16N2/c1-4-8-5-6-11(3)9(7-8)10-2/h5-7,9-10H,4H2,1-3H3. The second kappa shape index (κ2) is 3.58. The van der Waals surface area contributed by atoms with Crippen LogP contribution in [-0.4, -0.2) is 25.2 Å². The molecule has 0 aromatic carbocycles. The first-order chi connectivity index (χ1) is 5.27. The molecule has 0 aromatic heterocycles. The normalized spacial score (nSPS) is 23.7. The zero-order valence-corrected chi connectivity index (χ0v) is 7.46. The first-order valence-corrected chi connectivity index (χ1v) is 4.06. The molecule has 0 aliphatic carbocycles. The molecular weight excluding hydrogens is 136 g/mol. The summed E-state index contributed by atoms with van der Waals surface area (Å²) < 4.78 is 0. The summed E-state index contributed by atoms with van der Waals surface area (Å²) in [5, 5.41) is 3.22. The molecule has 1 unspecified atom stereocenters. The van der Waals surface area contributed by atoms with Crippen molar-refractivity contribution in [3.63, 3.8) is 0 Å². The Morgan fingerprint density at radius 3 is 2.91 bits per heavy atom. The van der Waals surface area contributed by atoms with Gasteiger partial charge in [0, 0.05) is 13.2 Å². The van der Waals surface area contributed by atoms with Gasteiger partial charge in [-0.15, -0.1) is 0 Å². The maximum absolute atomic E-state index is 3.22. The second-order valence-corrected chi connectivity index (χ2v) is 2.81. The third kappa shape index (κ3) is 1.84. The van der Waals surface area contributed by atoms with E-state index in [-0.39, 0.29) is 0 Å². The average molecular weight is 152 g/mol.